The largest absolute Gasteiger partial charge is 0.389 e. The first-order valence-corrected chi connectivity index (χ1v) is 4.83. The molecule has 0 aliphatic heterocycles. The topological polar surface area (TPSA) is 97.6 Å². The van der Waals surface area contributed by atoms with Crippen LogP contribution in [0, 0.1) is 27.3 Å². The molecule has 0 radical (unpaired) electrons. The van der Waals surface area contributed by atoms with E-state index < -0.39 is 10.7 Å². The zero-order chi connectivity index (χ0) is 13.1. The molecule has 0 atom stereocenters. The second-order valence-electron chi connectivity index (χ2n) is 3.36. The first-order chi connectivity index (χ1) is 8.61. The highest BCUT2D eigenvalue weighted by Gasteiger charge is 2.14. The molecule has 0 aromatic carbocycles. The van der Waals surface area contributed by atoms with Crippen LogP contribution in [-0.2, 0) is 6.54 Å². The Morgan fingerprint density at radius 3 is 2.94 bits per heavy atom. The maximum atomic E-state index is 13.7. The van der Waals surface area contributed by atoms with Gasteiger partial charge in [-0.3, -0.25) is 4.98 Å². The van der Waals surface area contributed by atoms with E-state index in [4.69, 9.17) is 5.26 Å². The summed E-state index contributed by atoms with van der Waals surface area (Å²) in [6.45, 7) is -0.0742. The lowest BCUT2D eigenvalue weighted by atomic mass is 10.2. The first kappa shape index (κ1) is 11.7. The second-order valence-corrected chi connectivity index (χ2v) is 3.36. The zero-order valence-corrected chi connectivity index (χ0v) is 8.95. The molecular weight excluding hydrogens is 241 g/mol. The van der Waals surface area contributed by atoms with Crippen LogP contribution in [0.25, 0.3) is 0 Å². The van der Waals surface area contributed by atoms with Gasteiger partial charge in [0.2, 0.25) is 0 Å². The molecule has 0 fully saturated rings. The van der Waals surface area contributed by atoms with Crippen LogP contribution in [0.15, 0.2) is 24.5 Å². The van der Waals surface area contributed by atoms with Crippen LogP contribution in [0.1, 0.15) is 11.3 Å². The maximum Gasteiger partial charge on any atom is 0.389 e. The van der Waals surface area contributed by atoms with Gasteiger partial charge in [-0.1, -0.05) is 0 Å². The number of halogens is 1. The molecule has 18 heavy (non-hydrogen) atoms. The fourth-order valence-electron chi connectivity index (χ4n) is 1.37. The Bertz CT molecular complexity index is 646. The average Bonchev–Trinajstić information content (AvgIpc) is 2.80. The molecular formula is C10H6FN5O2. The van der Waals surface area contributed by atoms with Crippen LogP contribution in [0.2, 0.25) is 0 Å². The highest BCUT2D eigenvalue weighted by atomic mass is 19.1. The molecule has 0 aliphatic rings. The van der Waals surface area contributed by atoms with Crippen LogP contribution >= 0.6 is 0 Å². The summed E-state index contributed by atoms with van der Waals surface area (Å²) < 4.78 is 14.8. The Morgan fingerprint density at radius 1 is 1.56 bits per heavy atom. The van der Waals surface area contributed by atoms with Gasteiger partial charge in [-0.05, 0) is 11.0 Å². The molecule has 0 saturated heterocycles. The van der Waals surface area contributed by atoms with Gasteiger partial charge >= 0.3 is 5.82 Å². The Kier molecular flexibility index (Phi) is 2.97. The van der Waals surface area contributed by atoms with E-state index in [-0.39, 0.29) is 23.6 Å². The van der Waals surface area contributed by atoms with Crippen LogP contribution in [0.3, 0.4) is 0 Å². The van der Waals surface area contributed by atoms with Gasteiger partial charge in [-0.2, -0.15) is 9.94 Å². The first-order valence-electron chi connectivity index (χ1n) is 4.83. The maximum absolute atomic E-state index is 13.7. The van der Waals surface area contributed by atoms with Gasteiger partial charge in [0.25, 0.3) is 0 Å². The van der Waals surface area contributed by atoms with E-state index in [1.807, 2.05) is 0 Å². The summed E-state index contributed by atoms with van der Waals surface area (Å²) >= 11 is 0. The van der Waals surface area contributed by atoms with Crippen molar-refractivity contribution in [3.63, 3.8) is 0 Å². The molecule has 0 aliphatic carbocycles. The van der Waals surface area contributed by atoms with E-state index in [9.17, 15) is 14.5 Å². The zero-order valence-electron chi connectivity index (χ0n) is 8.95. The van der Waals surface area contributed by atoms with Crippen molar-refractivity contribution >= 4 is 5.82 Å². The summed E-state index contributed by atoms with van der Waals surface area (Å²) in [5.41, 5.74) is -0.117. The third kappa shape index (κ3) is 2.15. The highest BCUT2D eigenvalue weighted by Crippen LogP contribution is 2.12. The summed E-state index contributed by atoms with van der Waals surface area (Å²) in [7, 11) is 0. The molecule has 0 spiro atoms. The van der Waals surface area contributed by atoms with Gasteiger partial charge in [0.1, 0.15) is 18.3 Å². The van der Waals surface area contributed by atoms with E-state index in [2.05, 4.69) is 10.1 Å². The molecule has 0 N–H and O–H groups in total. The monoisotopic (exact) mass is 247 g/mol. The summed E-state index contributed by atoms with van der Waals surface area (Å²) in [6, 6.07) is 4.15. The van der Waals surface area contributed by atoms with Crippen LogP contribution in [0.5, 0.6) is 0 Å². The van der Waals surface area contributed by atoms with Crippen LogP contribution in [-0.4, -0.2) is 19.7 Å². The lowest BCUT2D eigenvalue weighted by Gasteiger charge is -2.00. The summed E-state index contributed by atoms with van der Waals surface area (Å²) in [5, 5.41) is 22.7. The van der Waals surface area contributed by atoms with E-state index in [0.717, 1.165) is 0 Å². The number of nitriles is 1. The second kappa shape index (κ2) is 4.58. The smallest absolute Gasteiger partial charge is 0.358 e. The summed E-state index contributed by atoms with van der Waals surface area (Å²) in [5.74, 6) is -1.06. The van der Waals surface area contributed by atoms with Crippen molar-refractivity contribution in [2.75, 3.05) is 0 Å². The molecule has 0 bridgehead atoms. The Morgan fingerprint density at radius 2 is 2.33 bits per heavy atom. The van der Waals surface area contributed by atoms with Gasteiger partial charge < -0.3 is 10.1 Å². The number of hydrogen-bond acceptors (Lipinski definition) is 5. The lowest BCUT2D eigenvalue weighted by molar-refractivity contribution is -0.389. The third-order valence-electron chi connectivity index (χ3n) is 2.21. The standard InChI is InChI=1S/C10H6FN5O2/c11-10-7(5-12)1-3-13-8(10)6-15-4-2-9(14-15)16(17)18/h1-4H,6H2. The third-order valence-corrected chi connectivity index (χ3v) is 2.21. The van der Waals surface area contributed by atoms with Crippen molar-refractivity contribution in [2.24, 2.45) is 0 Å². The van der Waals surface area contributed by atoms with Crippen molar-refractivity contribution < 1.29 is 9.31 Å². The quantitative estimate of drug-likeness (QED) is 0.600. The van der Waals surface area contributed by atoms with Crippen molar-refractivity contribution in [2.45, 2.75) is 6.54 Å². The number of rotatable bonds is 3. The van der Waals surface area contributed by atoms with Crippen molar-refractivity contribution in [3.8, 4) is 6.07 Å². The average molecular weight is 247 g/mol. The van der Waals surface area contributed by atoms with Gasteiger partial charge in [-0.25, -0.2) is 4.39 Å². The molecule has 2 aromatic heterocycles. The Labute approximate surface area is 100 Å². The number of pyridine rings is 1. The molecule has 7 nitrogen and oxygen atoms in total. The molecule has 0 unspecified atom stereocenters. The normalized spacial score (nSPS) is 10.0. The molecule has 2 heterocycles. The minimum Gasteiger partial charge on any atom is -0.358 e. The van der Waals surface area contributed by atoms with Crippen molar-refractivity contribution in [3.05, 3.63) is 51.7 Å². The number of nitrogens with zero attached hydrogens (tertiary/aromatic N) is 5. The van der Waals surface area contributed by atoms with Crippen molar-refractivity contribution in [1.29, 1.82) is 5.26 Å². The minimum atomic E-state index is -0.738. The van der Waals surface area contributed by atoms with Crippen molar-refractivity contribution in [1.82, 2.24) is 14.8 Å². The number of nitro groups is 1. The van der Waals surface area contributed by atoms with Gasteiger partial charge in [0.15, 0.2) is 5.82 Å². The summed E-state index contributed by atoms with van der Waals surface area (Å²) in [4.78, 5) is 13.6. The molecule has 8 heteroatoms. The van der Waals surface area contributed by atoms with Crippen LogP contribution < -0.4 is 0 Å². The van der Waals surface area contributed by atoms with Gasteiger partial charge in [0, 0.05) is 6.20 Å². The summed E-state index contributed by atoms with van der Waals surface area (Å²) in [6.07, 6.45) is 2.65. The SMILES string of the molecule is N#Cc1ccnc(Cn2ccc([N+](=O)[O-])n2)c1F. The van der Waals surface area contributed by atoms with E-state index in [0.29, 0.717) is 0 Å². The van der Waals surface area contributed by atoms with E-state index >= 15 is 0 Å². The minimum absolute atomic E-state index is 0.00653. The molecule has 2 aromatic rings. The Balaban J connectivity index is 2.29. The van der Waals surface area contributed by atoms with Crippen LogP contribution in [0.4, 0.5) is 10.2 Å². The predicted molar refractivity (Wildman–Crippen MR) is 56.9 cm³/mol. The number of hydrogen-bond donors (Lipinski definition) is 0. The van der Waals surface area contributed by atoms with Gasteiger partial charge in [-0.15, -0.1) is 0 Å². The fraction of sp³-hybridized carbons (Fsp3) is 0.100. The molecule has 2 rings (SSSR count). The Hall–Kier alpha value is -2.82. The van der Waals surface area contributed by atoms with E-state index in [1.54, 1.807) is 6.07 Å². The molecule has 0 saturated carbocycles. The highest BCUT2D eigenvalue weighted by molar-refractivity contribution is 5.31. The molecule has 90 valence electrons. The van der Waals surface area contributed by atoms with Gasteiger partial charge in [0.05, 0.1) is 22.9 Å². The fourth-order valence-corrected chi connectivity index (χ4v) is 1.37. The number of aromatic nitrogens is 3. The molecule has 0 amide bonds. The predicted octanol–water partition coefficient (Wildman–Crippen LogP) is 1.25. The van der Waals surface area contributed by atoms with E-state index in [1.165, 1.54) is 29.2 Å². The lowest BCUT2D eigenvalue weighted by Crippen LogP contribution is -2.06.